The molecule has 2 aliphatic rings. The molecule has 0 aliphatic heterocycles. The highest BCUT2D eigenvalue weighted by Gasteiger charge is 2.49. The van der Waals surface area contributed by atoms with E-state index in [1.54, 1.807) is 0 Å². The third-order valence-electron chi connectivity index (χ3n) is 8.80. The molecule has 2 amide bonds. The van der Waals surface area contributed by atoms with E-state index in [1.165, 1.54) is 12.8 Å². The molecule has 5 nitrogen and oxygen atoms in total. The van der Waals surface area contributed by atoms with Crippen molar-refractivity contribution in [1.29, 1.82) is 0 Å². The average molecular weight is 572 g/mol. The van der Waals surface area contributed by atoms with Crippen LogP contribution < -0.4 is 10.6 Å². The number of carbonyl (C=O) groups excluding carboxylic acids is 2. The molecule has 0 aromatic heterocycles. The normalized spacial score (nSPS) is 16.6. The van der Waals surface area contributed by atoms with Gasteiger partial charge in [-0.2, -0.15) is 13.2 Å². The van der Waals surface area contributed by atoms with Crippen molar-refractivity contribution in [2.45, 2.75) is 82.7 Å². The van der Waals surface area contributed by atoms with Gasteiger partial charge in [0.25, 0.3) is 0 Å². The minimum absolute atomic E-state index is 0.159. The molecular formula is C33H44F3N3O2. The predicted molar refractivity (Wildman–Crippen MR) is 157 cm³/mol. The van der Waals surface area contributed by atoms with E-state index >= 15 is 0 Å². The molecule has 1 fully saturated rings. The summed E-state index contributed by atoms with van der Waals surface area (Å²) in [5.74, 6) is -0.239. The van der Waals surface area contributed by atoms with Gasteiger partial charge >= 0.3 is 6.18 Å². The van der Waals surface area contributed by atoms with Gasteiger partial charge in [0.2, 0.25) is 11.8 Å². The molecular weight excluding hydrogens is 527 g/mol. The fourth-order valence-corrected chi connectivity index (χ4v) is 6.64. The summed E-state index contributed by atoms with van der Waals surface area (Å²) in [6, 6.07) is 15.2. The van der Waals surface area contributed by atoms with Gasteiger partial charge in [0.15, 0.2) is 0 Å². The van der Waals surface area contributed by atoms with E-state index in [-0.39, 0.29) is 11.8 Å². The Bertz CT molecular complexity index is 1110. The molecule has 224 valence electrons. The van der Waals surface area contributed by atoms with E-state index in [1.807, 2.05) is 48.5 Å². The number of nitrogens with one attached hydrogen (secondary N) is 2. The van der Waals surface area contributed by atoms with Gasteiger partial charge in [-0.05, 0) is 74.0 Å². The van der Waals surface area contributed by atoms with E-state index in [0.29, 0.717) is 19.4 Å². The van der Waals surface area contributed by atoms with Crippen LogP contribution in [0.1, 0.15) is 82.3 Å². The van der Waals surface area contributed by atoms with Crippen molar-refractivity contribution >= 4 is 11.8 Å². The lowest BCUT2D eigenvalue weighted by Crippen LogP contribution is -2.47. The quantitative estimate of drug-likeness (QED) is 0.210. The number of hydrogen-bond donors (Lipinski definition) is 2. The highest BCUT2D eigenvalue weighted by molar-refractivity contribution is 6.00. The molecule has 4 rings (SSSR count). The van der Waals surface area contributed by atoms with Gasteiger partial charge in [-0.15, -0.1) is 0 Å². The van der Waals surface area contributed by atoms with Crippen LogP contribution >= 0.6 is 0 Å². The smallest absolute Gasteiger partial charge is 0.356 e. The first-order chi connectivity index (χ1) is 19.8. The van der Waals surface area contributed by atoms with E-state index in [0.717, 1.165) is 80.4 Å². The summed E-state index contributed by atoms with van der Waals surface area (Å²) in [7, 11) is 0. The van der Waals surface area contributed by atoms with Gasteiger partial charge in [-0.1, -0.05) is 87.6 Å². The summed E-state index contributed by atoms with van der Waals surface area (Å²) in [6.45, 7) is 4.00. The van der Waals surface area contributed by atoms with Crippen molar-refractivity contribution in [2.24, 2.45) is 5.92 Å². The van der Waals surface area contributed by atoms with E-state index in [2.05, 4.69) is 22.5 Å². The molecule has 0 bridgehead atoms. The Hall–Kier alpha value is -2.87. The fourth-order valence-electron chi connectivity index (χ4n) is 6.64. The molecule has 8 heteroatoms. The lowest BCUT2D eigenvalue weighted by atomic mass is 9.73. The van der Waals surface area contributed by atoms with Crippen LogP contribution in [0.4, 0.5) is 13.2 Å². The number of rotatable bonds is 13. The van der Waals surface area contributed by atoms with Gasteiger partial charge < -0.3 is 15.5 Å². The van der Waals surface area contributed by atoms with Crippen LogP contribution in [0.2, 0.25) is 0 Å². The van der Waals surface area contributed by atoms with Crippen LogP contribution in [0.5, 0.6) is 0 Å². The number of alkyl halides is 3. The second-order valence-electron chi connectivity index (χ2n) is 11.5. The molecule has 0 heterocycles. The van der Waals surface area contributed by atoms with Gasteiger partial charge in [0.05, 0.1) is 0 Å². The van der Waals surface area contributed by atoms with Crippen molar-refractivity contribution in [3.05, 3.63) is 59.7 Å². The first-order valence-electron chi connectivity index (χ1n) is 15.3. The predicted octanol–water partition coefficient (Wildman–Crippen LogP) is 6.60. The minimum Gasteiger partial charge on any atom is -0.356 e. The Morgan fingerprint density at radius 1 is 0.854 bits per heavy atom. The second-order valence-corrected chi connectivity index (χ2v) is 11.5. The maximum atomic E-state index is 13.6. The molecule has 0 spiro atoms. The first-order valence-corrected chi connectivity index (χ1v) is 15.3. The Labute approximate surface area is 242 Å². The number of fused-ring (bicyclic) bond motifs is 3. The van der Waals surface area contributed by atoms with Crippen LogP contribution in [0.25, 0.3) is 11.1 Å². The van der Waals surface area contributed by atoms with Gasteiger partial charge in [-0.25, -0.2) is 0 Å². The Morgan fingerprint density at radius 3 is 2.02 bits per heavy atom. The summed E-state index contributed by atoms with van der Waals surface area (Å²) in [6.07, 6.45) is 5.07. The Balaban J connectivity index is 1.34. The standard InChI is InChI=1S/C33H44F3N3O2/c1-2-39(23-13-21-37-30(40)25-14-5-3-4-6-15-25)22-12-11-20-32(31(41)38-24-33(34,35)36)28-18-9-7-16-26(28)27-17-8-10-19-29(27)32/h7-10,16-19,25H,2-6,11-15,20-24H2,1H3,(H,37,40)(H,38,41). The van der Waals surface area contributed by atoms with Crippen molar-refractivity contribution < 1.29 is 22.8 Å². The molecule has 2 aromatic rings. The van der Waals surface area contributed by atoms with Crippen molar-refractivity contribution in [1.82, 2.24) is 15.5 Å². The minimum atomic E-state index is -4.48. The molecule has 1 saturated carbocycles. The van der Waals surface area contributed by atoms with Crippen molar-refractivity contribution in [2.75, 3.05) is 32.7 Å². The van der Waals surface area contributed by atoms with Gasteiger partial charge in [-0.3, -0.25) is 9.59 Å². The lowest BCUT2D eigenvalue weighted by Gasteiger charge is -2.31. The van der Waals surface area contributed by atoms with Gasteiger partial charge in [0.1, 0.15) is 12.0 Å². The Kier molecular flexibility index (Phi) is 10.9. The van der Waals surface area contributed by atoms with Crippen LogP contribution in [0, 0.1) is 5.92 Å². The summed E-state index contributed by atoms with van der Waals surface area (Å²) < 4.78 is 39.3. The van der Waals surface area contributed by atoms with Gasteiger partial charge in [0, 0.05) is 12.5 Å². The van der Waals surface area contributed by atoms with E-state index in [4.69, 9.17) is 0 Å². The average Bonchev–Trinajstić information content (AvgIpc) is 3.09. The summed E-state index contributed by atoms with van der Waals surface area (Å²) in [5, 5.41) is 5.34. The maximum absolute atomic E-state index is 13.6. The molecule has 0 radical (unpaired) electrons. The van der Waals surface area contributed by atoms with Crippen molar-refractivity contribution in [3.8, 4) is 11.1 Å². The van der Waals surface area contributed by atoms with Crippen molar-refractivity contribution in [3.63, 3.8) is 0 Å². The molecule has 0 unspecified atom stereocenters. The first kappa shape index (κ1) is 31.1. The second kappa shape index (κ2) is 14.3. The number of benzene rings is 2. The van der Waals surface area contributed by atoms with Crippen LogP contribution in [0.3, 0.4) is 0 Å². The van der Waals surface area contributed by atoms with Crippen LogP contribution in [-0.2, 0) is 15.0 Å². The number of halogens is 3. The molecule has 41 heavy (non-hydrogen) atoms. The summed E-state index contributed by atoms with van der Waals surface area (Å²) in [5.41, 5.74) is 2.21. The number of carbonyl (C=O) groups is 2. The Morgan fingerprint density at radius 2 is 1.44 bits per heavy atom. The number of unbranched alkanes of at least 4 members (excludes halogenated alkanes) is 1. The highest BCUT2D eigenvalue weighted by Crippen LogP contribution is 2.51. The largest absolute Gasteiger partial charge is 0.405 e. The highest BCUT2D eigenvalue weighted by atomic mass is 19.4. The molecule has 2 aliphatic carbocycles. The zero-order valence-electron chi connectivity index (χ0n) is 24.2. The summed E-state index contributed by atoms with van der Waals surface area (Å²) in [4.78, 5) is 28.5. The van der Waals surface area contributed by atoms with E-state index in [9.17, 15) is 22.8 Å². The monoisotopic (exact) mass is 571 g/mol. The molecule has 2 N–H and O–H groups in total. The third kappa shape index (κ3) is 7.70. The maximum Gasteiger partial charge on any atom is 0.405 e. The molecule has 2 aromatic carbocycles. The lowest BCUT2D eigenvalue weighted by molar-refractivity contribution is -0.141. The number of amides is 2. The SMILES string of the molecule is CCN(CCCCC1(C(=O)NCC(F)(F)F)c2ccccc2-c2ccccc21)CCCNC(=O)C1CCCCCC1. The fraction of sp³-hybridized carbons (Fsp3) is 0.576. The third-order valence-corrected chi connectivity index (χ3v) is 8.80. The zero-order chi connectivity index (χ0) is 29.3. The van der Waals surface area contributed by atoms with Crippen LogP contribution in [0.15, 0.2) is 48.5 Å². The number of hydrogen-bond acceptors (Lipinski definition) is 3. The van der Waals surface area contributed by atoms with Crippen LogP contribution in [-0.4, -0.2) is 55.6 Å². The van der Waals surface area contributed by atoms with E-state index < -0.39 is 24.0 Å². The molecule has 0 atom stereocenters. The topological polar surface area (TPSA) is 61.4 Å². The zero-order valence-corrected chi connectivity index (χ0v) is 24.2. The summed E-state index contributed by atoms with van der Waals surface area (Å²) >= 11 is 0. The molecule has 0 saturated heterocycles. The number of nitrogens with zero attached hydrogens (tertiary/aromatic N) is 1.